The Kier molecular flexibility index (Phi) is 3.73. The predicted octanol–water partition coefficient (Wildman–Crippen LogP) is 2.95. The van der Waals surface area contributed by atoms with E-state index in [1.54, 1.807) is 4.90 Å². The lowest BCUT2D eigenvalue weighted by Gasteiger charge is -2.60. The van der Waals surface area contributed by atoms with E-state index in [-0.39, 0.29) is 11.4 Å². The maximum atomic E-state index is 12.7. The maximum absolute atomic E-state index is 12.7. The molecule has 0 unspecified atom stereocenters. The molecule has 0 bridgehead atoms. The number of nitrogens with zero attached hydrogens (tertiary/aromatic N) is 4. The fraction of sp³-hybridized carbons (Fsp3) is 0.571. The first kappa shape index (κ1) is 17.9. The van der Waals surface area contributed by atoms with Crippen molar-refractivity contribution in [3.8, 4) is 0 Å². The Bertz CT molecular complexity index is 950. The second-order valence-corrected chi connectivity index (χ2v) is 10.4. The zero-order chi connectivity index (χ0) is 19.8. The van der Waals surface area contributed by atoms with Gasteiger partial charge in [-0.25, -0.2) is 9.78 Å². The average molecular weight is 458 g/mol. The molecular formula is C21H24BrN5O2. The van der Waals surface area contributed by atoms with Gasteiger partial charge in [0.15, 0.2) is 5.82 Å². The summed E-state index contributed by atoms with van der Waals surface area (Å²) < 4.78 is 0.982. The highest BCUT2D eigenvalue weighted by molar-refractivity contribution is 9.10. The van der Waals surface area contributed by atoms with Gasteiger partial charge in [0.05, 0.1) is 13.1 Å². The molecule has 2 aliphatic carbocycles. The number of carbonyl (C=O) groups is 1. The Morgan fingerprint density at radius 2 is 1.72 bits per heavy atom. The van der Waals surface area contributed by atoms with Crippen molar-refractivity contribution in [2.75, 3.05) is 26.2 Å². The Morgan fingerprint density at radius 1 is 1.07 bits per heavy atom. The molecule has 2 amide bonds. The van der Waals surface area contributed by atoms with Crippen molar-refractivity contribution in [2.24, 2.45) is 5.41 Å². The molecular weight excluding hydrogens is 434 g/mol. The molecule has 2 aliphatic heterocycles. The molecule has 4 aliphatic rings. The Hall–Kier alpha value is -1.93. The van der Waals surface area contributed by atoms with Crippen LogP contribution in [0, 0.1) is 5.41 Å². The van der Waals surface area contributed by atoms with Crippen LogP contribution < -0.4 is 0 Å². The van der Waals surface area contributed by atoms with Crippen LogP contribution in [0.15, 0.2) is 28.7 Å². The summed E-state index contributed by atoms with van der Waals surface area (Å²) in [5, 5.41) is 18.3. The largest absolute Gasteiger partial charge is 0.381 e. The first-order chi connectivity index (χ1) is 13.9. The second kappa shape index (κ2) is 6.04. The van der Waals surface area contributed by atoms with E-state index in [9.17, 15) is 9.90 Å². The molecule has 29 heavy (non-hydrogen) atoms. The van der Waals surface area contributed by atoms with Crippen molar-refractivity contribution in [1.82, 2.24) is 25.0 Å². The number of H-pyrrole nitrogens is 1. The third-order valence-electron chi connectivity index (χ3n) is 7.09. The van der Waals surface area contributed by atoms with Crippen molar-refractivity contribution < 1.29 is 9.90 Å². The summed E-state index contributed by atoms with van der Waals surface area (Å²) in [5.41, 5.74) is 0.197. The minimum Gasteiger partial charge on any atom is -0.381 e. The van der Waals surface area contributed by atoms with Gasteiger partial charge in [0.1, 0.15) is 11.4 Å². The number of aromatic nitrogens is 3. The lowest BCUT2D eigenvalue weighted by molar-refractivity contribution is -0.107. The van der Waals surface area contributed by atoms with E-state index in [2.05, 4.69) is 31.1 Å². The number of carbonyl (C=O) groups excluding carboxylic acids is 1. The number of benzene rings is 1. The van der Waals surface area contributed by atoms with Crippen LogP contribution in [0.2, 0.25) is 0 Å². The number of urea groups is 1. The number of aliphatic hydroxyl groups is 1. The van der Waals surface area contributed by atoms with Gasteiger partial charge in [0, 0.05) is 34.8 Å². The average Bonchev–Trinajstić information content (AvgIpc) is 3.35. The molecule has 0 radical (unpaired) electrons. The number of amides is 2. The zero-order valence-corrected chi connectivity index (χ0v) is 17.7. The first-order valence-corrected chi connectivity index (χ1v) is 11.2. The van der Waals surface area contributed by atoms with Crippen LogP contribution in [0.1, 0.15) is 54.7 Å². The summed E-state index contributed by atoms with van der Waals surface area (Å²) in [6.07, 6.45) is 4.60. The van der Waals surface area contributed by atoms with Crippen molar-refractivity contribution in [3.63, 3.8) is 0 Å². The Morgan fingerprint density at radius 3 is 2.38 bits per heavy atom. The fourth-order valence-corrected chi connectivity index (χ4v) is 5.46. The normalized spacial score (nSPS) is 24.8. The molecule has 2 N–H and O–H groups in total. The molecule has 152 valence electrons. The number of aromatic amines is 1. The van der Waals surface area contributed by atoms with Gasteiger partial charge in [-0.15, -0.1) is 0 Å². The molecule has 2 saturated carbocycles. The van der Waals surface area contributed by atoms with Gasteiger partial charge in [-0.3, -0.25) is 5.10 Å². The van der Waals surface area contributed by atoms with Crippen molar-refractivity contribution in [3.05, 3.63) is 46.0 Å². The Labute approximate surface area is 177 Å². The van der Waals surface area contributed by atoms with Crippen LogP contribution in [-0.4, -0.2) is 62.3 Å². The highest BCUT2D eigenvalue weighted by Crippen LogP contribution is 2.56. The molecule has 1 aromatic carbocycles. The number of halogens is 1. The molecule has 6 rings (SSSR count). The lowest BCUT2D eigenvalue weighted by atomic mass is 9.57. The van der Waals surface area contributed by atoms with Crippen LogP contribution in [0.25, 0.3) is 0 Å². The van der Waals surface area contributed by atoms with Crippen molar-refractivity contribution in [1.29, 1.82) is 0 Å². The van der Waals surface area contributed by atoms with E-state index < -0.39 is 5.60 Å². The van der Waals surface area contributed by atoms with E-state index in [0.29, 0.717) is 24.9 Å². The van der Waals surface area contributed by atoms with E-state index in [4.69, 9.17) is 0 Å². The fourth-order valence-electron chi connectivity index (χ4n) is 5.20. The van der Waals surface area contributed by atoms with Gasteiger partial charge in [-0.05, 0) is 43.4 Å². The molecule has 2 saturated heterocycles. The number of hydrogen-bond donors (Lipinski definition) is 2. The third-order valence-corrected chi connectivity index (χ3v) is 7.62. The SMILES string of the molecule is O=C(N1CC2(CC(c3n[nH]c(C4CC4)n3)C2)C1)N1CC(O)(c2ccc(Br)cc2)C1. The summed E-state index contributed by atoms with van der Waals surface area (Å²) >= 11 is 3.41. The third kappa shape index (κ3) is 2.91. The summed E-state index contributed by atoms with van der Waals surface area (Å²) in [4.78, 5) is 21.1. The first-order valence-electron chi connectivity index (χ1n) is 10.4. The number of nitrogens with one attached hydrogen (secondary N) is 1. The van der Waals surface area contributed by atoms with Crippen LogP contribution >= 0.6 is 15.9 Å². The molecule has 8 heteroatoms. The predicted molar refractivity (Wildman–Crippen MR) is 109 cm³/mol. The molecule has 3 heterocycles. The monoisotopic (exact) mass is 457 g/mol. The van der Waals surface area contributed by atoms with Crippen LogP contribution in [0.4, 0.5) is 4.79 Å². The van der Waals surface area contributed by atoms with Crippen molar-refractivity contribution in [2.45, 2.75) is 43.1 Å². The summed E-state index contributed by atoms with van der Waals surface area (Å²) in [6.45, 7) is 2.35. The standard InChI is InChI=1S/C21H24BrN5O2/c22-16-5-3-15(4-6-16)21(29)11-27(12-21)19(28)26-9-20(10-26)7-14(8-20)18-23-17(24-25-18)13-1-2-13/h3-6,13-14,29H,1-2,7-12H2,(H,23,24,25). The highest BCUT2D eigenvalue weighted by atomic mass is 79.9. The molecule has 1 spiro atoms. The van der Waals surface area contributed by atoms with E-state index in [1.807, 2.05) is 29.2 Å². The summed E-state index contributed by atoms with van der Waals surface area (Å²) in [7, 11) is 0. The van der Waals surface area contributed by atoms with Gasteiger partial charge in [-0.2, -0.15) is 5.10 Å². The number of likely N-dealkylation sites (tertiary alicyclic amines) is 2. The second-order valence-electron chi connectivity index (χ2n) is 9.49. The Balaban J connectivity index is 1.01. The minimum absolute atomic E-state index is 0.0507. The van der Waals surface area contributed by atoms with Gasteiger partial charge in [-0.1, -0.05) is 28.1 Å². The molecule has 2 aromatic rings. The van der Waals surface area contributed by atoms with E-state index in [1.165, 1.54) is 12.8 Å². The molecule has 4 fully saturated rings. The number of hydrogen-bond acceptors (Lipinski definition) is 4. The number of β-amino-alcohol motifs (C(OH)–C–C–N with tert-alkyl or cyclic N) is 1. The molecule has 1 aromatic heterocycles. The quantitative estimate of drug-likeness (QED) is 0.741. The van der Waals surface area contributed by atoms with Crippen LogP contribution in [-0.2, 0) is 5.60 Å². The minimum atomic E-state index is -0.925. The number of rotatable bonds is 3. The lowest BCUT2D eigenvalue weighted by Crippen LogP contribution is -2.70. The van der Waals surface area contributed by atoms with Crippen LogP contribution in [0.3, 0.4) is 0 Å². The summed E-state index contributed by atoms with van der Waals surface area (Å²) in [5.74, 6) is 3.06. The molecule has 0 atom stereocenters. The van der Waals surface area contributed by atoms with Gasteiger partial charge < -0.3 is 14.9 Å². The van der Waals surface area contributed by atoms with Gasteiger partial charge in [0.25, 0.3) is 0 Å². The molecule has 7 nitrogen and oxygen atoms in total. The zero-order valence-electron chi connectivity index (χ0n) is 16.1. The van der Waals surface area contributed by atoms with Gasteiger partial charge >= 0.3 is 6.03 Å². The van der Waals surface area contributed by atoms with Crippen LogP contribution in [0.5, 0.6) is 0 Å². The van der Waals surface area contributed by atoms with Crippen molar-refractivity contribution >= 4 is 22.0 Å². The maximum Gasteiger partial charge on any atom is 0.320 e. The van der Waals surface area contributed by atoms with E-state index in [0.717, 1.165) is 47.6 Å². The smallest absolute Gasteiger partial charge is 0.320 e. The van der Waals surface area contributed by atoms with Gasteiger partial charge in [0.2, 0.25) is 0 Å². The summed E-state index contributed by atoms with van der Waals surface area (Å²) in [6, 6.07) is 7.72. The topological polar surface area (TPSA) is 85.4 Å². The van der Waals surface area contributed by atoms with E-state index >= 15 is 0 Å². The highest BCUT2D eigenvalue weighted by Gasteiger charge is 2.57.